The maximum atomic E-state index is 11.1. The van der Waals surface area contributed by atoms with Crippen LogP contribution in [0.1, 0.15) is 25.7 Å². The Balaban J connectivity index is 2.05. The Morgan fingerprint density at radius 3 is 2.53 bits per heavy atom. The van der Waals surface area contributed by atoms with Crippen molar-refractivity contribution in [3.63, 3.8) is 0 Å². The van der Waals surface area contributed by atoms with Crippen molar-refractivity contribution in [1.82, 2.24) is 10.8 Å². The Kier molecular flexibility index (Phi) is 5.06. The highest BCUT2D eigenvalue weighted by atomic mass is 16.7. The summed E-state index contributed by atoms with van der Waals surface area (Å²) in [5.74, 6) is -0.713. The van der Waals surface area contributed by atoms with E-state index in [2.05, 4.69) is 10.8 Å². The van der Waals surface area contributed by atoms with Crippen LogP contribution >= 0.6 is 0 Å². The van der Waals surface area contributed by atoms with Gasteiger partial charge in [-0.1, -0.05) is 12.8 Å². The number of hydrogen-bond acceptors (Lipinski definition) is 4. The summed E-state index contributed by atoms with van der Waals surface area (Å²) in [7, 11) is 0. The van der Waals surface area contributed by atoms with Crippen molar-refractivity contribution in [1.29, 1.82) is 0 Å². The third kappa shape index (κ3) is 4.75. The fourth-order valence-electron chi connectivity index (χ4n) is 1.44. The number of carbonyl (C=O) groups is 2. The predicted octanol–water partition coefficient (Wildman–Crippen LogP) is -0.948. The molecule has 2 amide bonds. The van der Waals surface area contributed by atoms with Gasteiger partial charge in [-0.05, 0) is 12.8 Å². The van der Waals surface area contributed by atoms with Crippen molar-refractivity contribution >= 4 is 11.8 Å². The predicted molar refractivity (Wildman–Crippen MR) is 53.5 cm³/mol. The normalized spacial score (nSPS) is 16.3. The van der Waals surface area contributed by atoms with E-state index in [1.54, 1.807) is 0 Å². The lowest BCUT2D eigenvalue weighted by Gasteiger charge is -2.11. The molecule has 0 aromatic rings. The highest BCUT2D eigenvalue weighted by molar-refractivity contribution is 5.84. The second kappa shape index (κ2) is 6.36. The van der Waals surface area contributed by atoms with Crippen molar-refractivity contribution in [3.05, 3.63) is 0 Å². The average Bonchev–Trinajstić information content (AvgIpc) is 2.75. The van der Waals surface area contributed by atoms with Crippen LogP contribution in [-0.2, 0) is 14.4 Å². The second-order valence-electron chi connectivity index (χ2n) is 3.53. The van der Waals surface area contributed by atoms with Crippen LogP contribution in [0.2, 0.25) is 0 Å². The van der Waals surface area contributed by atoms with Crippen molar-refractivity contribution in [3.8, 4) is 0 Å². The second-order valence-corrected chi connectivity index (χ2v) is 3.53. The molecule has 0 heterocycles. The van der Waals surface area contributed by atoms with Crippen LogP contribution in [0.4, 0.5) is 0 Å². The summed E-state index contributed by atoms with van der Waals surface area (Å²) in [4.78, 5) is 27.0. The molecule has 1 aliphatic carbocycles. The number of nitrogens with one attached hydrogen (secondary N) is 2. The summed E-state index contributed by atoms with van der Waals surface area (Å²) in [6.07, 6.45) is 4.37. The zero-order valence-electron chi connectivity index (χ0n) is 8.62. The van der Waals surface area contributed by atoms with Crippen LogP contribution in [0.25, 0.3) is 0 Å². The summed E-state index contributed by atoms with van der Waals surface area (Å²) >= 11 is 0. The number of carbonyl (C=O) groups excluding carboxylic acids is 2. The molecule has 0 atom stereocenters. The van der Waals surface area contributed by atoms with E-state index in [4.69, 9.17) is 10.6 Å². The van der Waals surface area contributed by atoms with Crippen LogP contribution in [0, 0.1) is 0 Å². The van der Waals surface area contributed by atoms with Gasteiger partial charge >= 0.3 is 0 Å². The van der Waals surface area contributed by atoms with Gasteiger partial charge in [0.1, 0.15) is 0 Å². The highest BCUT2D eigenvalue weighted by Gasteiger charge is 2.16. The molecule has 0 aliphatic heterocycles. The largest absolute Gasteiger partial charge is 0.346 e. The standard InChI is InChI=1S/C9H17N3O3/c10-5-8(13)11-6-9(14)12-15-7-3-1-2-4-7/h7H,1-6,10H2,(H,11,13)(H,12,14). The maximum absolute atomic E-state index is 11.1. The third-order valence-corrected chi connectivity index (χ3v) is 2.27. The van der Waals surface area contributed by atoms with E-state index in [9.17, 15) is 9.59 Å². The molecular formula is C9H17N3O3. The zero-order valence-corrected chi connectivity index (χ0v) is 8.62. The number of amides is 2. The molecule has 0 saturated heterocycles. The molecule has 1 aliphatic rings. The minimum absolute atomic E-state index is 0.0945. The van der Waals surface area contributed by atoms with E-state index in [-0.39, 0.29) is 31.0 Å². The zero-order chi connectivity index (χ0) is 11.1. The van der Waals surface area contributed by atoms with Gasteiger partial charge in [-0.2, -0.15) is 0 Å². The molecule has 86 valence electrons. The molecule has 0 radical (unpaired) electrons. The number of hydrogen-bond donors (Lipinski definition) is 3. The van der Waals surface area contributed by atoms with Crippen molar-refractivity contribution < 1.29 is 14.4 Å². The van der Waals surface area contributed by atoms with Crippen LogP contribution in [0.3, 0.4) is 0 Å². The van der Waals surface area contributed by atoms with Gasteiger partial charge in [0.2, 0.25) is 5.91 Å². The van der Waals surface area contributed by atoms with Gasteiger partial charge in [-0.15, -0.1) is 0 Å². The van der Waals surface area contributed by atoms with Gasteiger partial charge in [-0.25, -0.2) is 5.48 Å². The fraction of sp³-hybridized carbons (Fsp3) is 0.778. The van der Waals surface area contributed by atoms with E-state index < -0.39 is 0 Å². The summed E-state index contributed by atoms with van der Waals surface area (Å²) in [6, 6.07) is 0. The molecule has 0 bridgehead atoms. The number of rotatable bonds is 5. The lowest BCUT2D eigenvalue weighted by Crippen LogP contribution is -2.40. The van der Waals surface area contributed by atoms with Gasteiger partial charge in [-0.3, -0.25) is 14.4 Å². The number of hydroxylamine groups is 1. The summed E-state index contributed by atoms with van der Waals surface area (Å²) in [5, 5.41) is 2.35. The molecule has 0 aromatic heterocycles. The van der Waals surface area contributed by atoms with Gasteiger partial charge in [0.25, 0.3) is 5.91 Å². The number of nitrogens with two attached hydrogens (primary N) is 1. The van der Waals surface area contributed by atoms with Crippen LogP contribution in [-0.4, -0.2) is 31.0 Å². The van der Waals surface area contributed by atoms with Crippen molar-refractivity contribution in [2.75, 3.05) is 13.1 Å². The van der Waals surface area contributed by atoms with Crippen LogP contribution in [0.15, 0.2) is 0 Å². The Labute approximate surface area is 88.5 Å². The topological polar surface area (TPSA) is 93.5 Å². The lowest BCUT2D eigenvalue weighted by atomic mass is 10.3. The lowest BCUT2D eigenvalue weighted by molar-refractivity contribution is -0.138. The molecule has 1 rings (SSSR count). The summed E-state index contributed by atoms with van der Waals surface area (Å²) in [6.45, 7) is -0.209. The minimum atomic E-state index is -0.358. The monoisotopic (exact) mass is 215 g/mol. The molecule has 1 saturated carbocycles. The van der Waals surface area contributed by atoms with Gasteiger partial charge in [0, 0.05) is 0 Å². The summed E-state index contributed by atoms with van der Waals surface area (Å²) < 4.78 is 0. The molecule has 1 fully saturated rings. The minimum Gasteiger partial charge on any atom is -0.346 e. The molecular weight excluding hydrogens is 198 g/mol. The molecule has 0 spiro atoms. The highest BCUT2D eigenvalue weighted by Crippen LogP contribution is 2.19. The molecule has 0 unspecified atom stereocenters. The molecule has 6 heteroatoms. The first-order valence-corrected chi connectivity index (χ1v) is 5.13. The van der Waals surface area contributed by atoms with E-state index in [0.717, 1.165) is 25.7 Å². The fourth-order valence-corrected chi connectivity index (χ4v) is 1.44. The van der Waals surface area contributed by atoms with Crippen LogP contribution < -0.4 is 16.5 Å². The first-order chi connectivity index (χ1) is 7.22. The average molecular weight is 215 g/mol. The first kappa shape index (κ1) is 11.9. The molecule has 15 heavy (non-hydrogen) atoms. The maximum Gasteiger partial charge on any atom is 0.262 e. The SMILES string of the molecule is NCC(=O)NCC(=O)NOC1CCCC1. The molecule has 0 aromatic carbocycles. The van der Waals surface area contributed by atoms with Crippen LogP contribution in [0.5, 0.6) is 0 Å². The quantitative estimate of drug-likeness (QED) is 0.515. The third-order valence-electron chi connectivity index (χ3n) is 2.27. The van der Waals surface area contributed by atoms with E-state index in [0.29, 0.717) is 0 Å². The Hall–Kier alpha value is -1.14. The van der Waals surface area contributed by atoms with E-state index >= 15 is 0 Å². The molecule has 4 N–H and O–H groups in total. The Morgan fingerprint density at radius 1 is 1.27 bits per heavy atom. The Bertz CT molecular complexity index is 227. The van der Waals surface area contributed by atoms with E-state index in [1.807, 2.05) is 0 Å². The van der Waals surface area contributed by atoms with Crippen molar-refractivity contribution in [2.24, 2.45) is 5.73 Å². The van der Waals surface area contributed by atoms with Crippen molar-refractivity contribution in [2.45, 2.75) is 31.8 Å². The first-order valence-electron chi connectivity index (χ1n) is 5.13. The summed E-state index contributed by atoms with van der Waals surface area (Å²) in [5.41, 5.74) is 7.37. The Morgan fingerprint density at radius 2 is 1.93 bits per heavy atom. The van der Waals surface area contributed by atoms with E-state index in [1.165, 1.54) is 0 Å². The van der Waals surface area contributed by atoms with Gasteiger partial charge in [0.05, 0.1) is 19.2 Å². The van der Waals surface area contributed by atoms with Gasteiger partial charge < -0.3 is 11.1 Å². The van der Waals surface area contributed by atoms with Gasteiger partial charge in [0.15, 0.2) is 0 Å². The molecule has 6 nitrogen and oxygen atoms in total. The smallest absolute Gasteiger partial charge is 0.262 e.